The van der Waals surface area contributed by atoms with E-state index in [1.54, 1.807) is 49.0 Å². The topological polar surface area (TPSA) is 164 Å². The Morgan fingerprint density at radius 1 is 1.15 bits per heavy atom. The van der Waals surface area contributed by atoms with E-state index in [1.165, 1.54) is 10.8 Å². The highest BCUT2D eigenvalue weighted by atomic mass is 32.2. The molecule has 16 heteroatoms. The van der Waals surface area contributed by atoms with Crippen molar-refractivity contribution in [1.29, 1.82) is 0 Å². The van der Waals surface area contributed by atoms with Gasteiger partial charge in [0, 0.05) is 37.7 Å². The fourth-order valence-electron chi connectivity index (χ4n) is 4.40. The molecule has 1 amide bonds. The van der Waals surface area contributed by atoms with Gasteiger partial charge in [0.1, 0.15) is 9.04 Å². The predicted molar refractivity (Wildman–Crippen MR) is 141 cm³/mol. The van der Waals surface area contributed by atoms with E-state index in [-0.39, 0.29) is 27.5 Å². The highest BCUT2D eigenvalue weighted by Gasteiger charge is 2.53. The lowest BCUT2D eigenvalue weighted by Gasteiger charge is -2.24. The van der Waals surface area contributed by atoms with Crippen LogP contribution in [0.15, 0.2) is 44.7 Å². The number of aromatic nitrogens is 6. The van der Waals surface area contributed by atoms with Crippen molar-refractivity contribution in [3.63, 3.8) is 0 Å². The molecule has 39 heavy (non-hydrogen) atoms. The van der Waals surface area contributed by atoms with Crippen LogP contribution in [0.2, 0.25) is 0 Å². The zero-order valence-electron chi connectivity index (χ0n) is 21.5. The van der Waals surface area contributed by atoms with Gasteiger partial charge in [0.05, 0.1) is 49.6 Å². The molecule has 0 bridgehead atoms. The van der Waals surface area contributed by atoms with E-state index in [9.17, 15) is 27.9 Å². The second kappa shape index (κ2) is 9.77. The Bertz CT molecular complexity index is 1790. The van der Waals surface area contributed by atoms with Gasteiger partial charge in [-0.15, -0.1) is 11.3 Å². The maximum absolute atomic E-state index is 13.7. The molecule has 0 atom stereocenters. The van der Waals surface area contributed by atoms with Crippen LogP contribution in [0, 0.1) is 0 Å². The molecule has 4 aromatic rings. The second-order valence-corrected chi connectivity index (χ2v) is 12.8. The van der Waals surface area contributed by atoms with Crippen molar-refractivity contribution in [2.45, 2.75) is 49.1 Å². The minimum atomic E-state index is -4.51. The van der Waals surface area contributed by atoms with E-state index in [4.69, 9.17) is 4.74 Å². The number of amides is 1. The third-order valence-corrected chi connectivity index (χ3v) is 10.2. The SMILES string of the molecule is COCCn1cc(Cn2c(=O)n(Cc3cnn(C)c3)c(=O)c3cc(S(=O)(=O)N(C(=O)O)C4(C)CC4)sc32)cn1. The predicted octanol–water partition coefficient (Wildman–Crippen LogP) is 1.12. The molecule has 14 nitrogen and oxygen atoms in total. The van der Waals surface area contributed by atoms with Crippen molar-refractivity contribution in [2.75, 3.05) is 13.7 Å². The summed E-state index contributed by atoms with van der Waals surface area (Å²) in [5, 5.41) is 18.1. The molecule has 0 spiro atoms. The van der Waals surface area contributed by atoms with Gasteiger partial charge in [0.25, 0.3) is 15.6 Å². The number of carboxylic acid groups (broad SMARTS) is 1. The Morgan fingerprint density at radius 2 is 1.82 bits per heavy atom. The van der Waals surface area contributed by atoms with Gasteiger partial charge in [-0.05, 0) is 25.8 Å². The number of sulfonamides is 1. The molecule has 1 aliphatic rings. The Labute approximate surface area is 226 Å². The van der Waals surface area contributed by atoms with Gasteiger partial charge in [-0.1, -0.05) is 0 Å². The minimum Gasteiger partial charge on any atom is -0.464 e. The molecule has 1 aliphatic carbocycles. The number of rotatable bonds is 10. The number of fused-ring (bicyclic) bond motifs is 1. The molecule has 4 aromatic heterocycles. The van der Waals surface area contributed by atoms with Crippen LogP contribution in [0.25, 0.3) is 10.2 Å². The monoisotopic (exact) mass is 577 g/mol. The lowest BCUT2D eigenvalue weighted by molar-refractivity contribution is 0.159. The number of hydrogen-bond acceptors (Lipinski definition) is 9. The van der Waals surface area contributed by atoms with Crippen LogP contribution in [0.3, 0.4) is 0 Å². The first-order valence-electron chi connectivity index (χ1n) is 12.0. The highest BCUT2D eigenvalue weighted by Crippen LogP contribution is 2.45. The molecule has 4 heterocycles. The standard InChI is InChI=1S/C23H27N7O7S2/c1-23(4-5-23)30(22(33)34)39(35,36)18-8-17-19(31)28(13-15-9-24-26(2)11-15)21(32)29(20(17)38-18)14-16-10-25-27(12-16)6-7-37-3/h8-12H,4-7,13-14H2,1-3H3,(H,33,34). The lowest BCUT2D eigenvalue weighted by Crippen LogP contribution is -2.43. The van der Waals surface area contributed by atoms with Gasteiger partial charge in [-0.3, -0.25) is 23.3 Å². The molecule has 0 radical (unpaired) electrons. The average molecular weight is 578 g/mol. The maximum Gasteiger partial charge on any atom is 0.421 e. The third-order valence-electron chi connectivity index (χ3n) is 6.66. The summed E-state index contributed by atoms with van der Waals surface area (Å²) >= 11 is 0.701. The first-order chi connectivity index (χ1) is 18.4. The number of aryl methyl sites for hydroxylation is 1. The quantitative estimate of drug-likeness (QED) is 0.291. The molecule has 0 unspecified atom stereocenters. The molecular weight excluding hydrogens is 550 g/mol. The van der Waals surface area contributed by atoms with Crippen LogP contribution in [0.5, 0.6) is 0 Å². The maximum atomic E-state index is 13.7. The first-order valence-corrected chi connectivity index (χ1v) is 14.2. The lowest BCUT2D eigenvalue weighted by atomic mass is 10.3. The van der Waals surface area contributed by atoms with Gasteiger partial charge in [-0.25, -0.2) is 9.59 Å². The van der Waals surface area contributed by atoms with Crippen LogP contribution in [0.4, 0.5) is 4.79 Å². The summed E-state index contributed by atoms with van der Waals surface area (Å²) in [6.45, 7) is 2.42. The van der Waals surface area contributed by atoms with E-state index in [2.05, 4.69) is 10.2 Å². The number of thiophene rings is 1. The molecule has 208 valence electrons. The Kier molecular flexibility index (Phi) is 6.72. The van der Waals surface area contributed by atoms with Crippen LogP contribution in [0.1, 0.15) is 30.9 Å². The smallest absolute Gasteiger partial charge is 0.421 e. The van der Waals surface area contributed by atoms with Gasteiger partial charge in [0.2, 0.25) is 0 Å². The fraction of sp³-hybridized carbons (Fsp3) is 0.435. The second-order valence-electron chi connectivity index (χ2n) is 9.72. The number of carbonyl (C=O) groups is 1. The number of ether oxygens (including phenoxy) is 1. The van der Waals surface area contributed by atoms with E-state index < -0.39 is 32.9 Å². The zero-order valence-corrected chi connectivity index (χ0v) is 23.1. The summed E-state index contributed by atoms with van der Waals surface area (Å²) in [7, 11) is -1.23. The minimum absolute atomic E-state index is 0.000119. The normalized spacial score (nSPS) is 14.6. The highest BCUT2D eigenvalue weighted by molar-refractivity contribution is 7.92. The summed E-state index contributed by atoms with van der Waals surface area (Å²) in [6.07, 6.45) is 5.73. The summed E-state index contributed by atoms with van der Waals surface area (Å²) < 4.78 is 37.7. The van der Waals surface area contributed by atoms with Gasteiger partial charge in [0.15, 0.2) is 0 Å². The van der Waals surface area contributed by atoms with E-state index >= 15 is 0 Å². The first kappa shape index (κ1) is 26.8. The molecule has 0 aromatic carbocycles. The summed E-state index contributed by atoms with van der Waals surface area (Å²) in [5.74, 6) is 0. The largest absolute Gasteiger partial charge is 0.464 e. The zero-order chi connectivity index (χ0) is 28.1. The molecular formula is C23H27N7O7S2. The van der Waals surface area contributed by atoms with Crippen molar-refractivity contribution in [1.82, 2.24) is 33.0 Å². The van der Waals surface area contributed by atoms with Crippen molar-refractivity contribution in [3.05, 3.63) is 62.8 Å². The summed E-state index contributed by atoms with van der Waals surface area (Å²) in [5.41, 5.74) is -1.11. The Hall–Kier alpha value is -3.76. The Morgan fingerprint density at radius 3 is 2.44 bits per heavy atom. The van der Waals surface area contributed by atoms with Gasteiger partial charge in [-0.2, -0.15) is 22.9 Å². The third kappa shape index (κ3) is 4.90. The summed E-state index contributed by atoms with van der Waals surface area (Å²) in [6, 6.07) is 1.16. The Balaban J connectivity index is 1.67. The number of hydrogen-bond donors (Lipinski definition) is 1. The molecule has 1 N–H and O–H groups in total. The van der Waals surface area contributed by atoms with Crippen molar-refractivity contribution in [2.24, 2.45) is 7.05 Å². The number of nitrogens with zero attached hydrogens (tertiary/aromatic N) is 7. The molecule has 0 aliphatic heterocycles. The molecule has 5 rings (SSSR count). The van der Waals surface area contributed by atoms with Gasteiger partial charge < -0.3 is 9.84 Å². The van der Waals surface area contributed by atoms with E-state index in [1.807, 2.05) is 0 Å². The molecule has 1 saturated carbocycles. The van der Waals surface area contributed by atoms with Crippen molar-refractivity contribution in [3.8, 4) is 0 Å². The summed E-state index contributed by atoms with van der Waals surface area (Å²) in [4.78, 5) is 39.3. The van der Waals surface area contributed by atoms with Crippen molar-refractivity contribution < 1.29 is 23.1 Å². The van der Waals surface area contributed by atoms with Crippen molar-refractivity contribution >= 4 is 37.7 Å². The van der Waals surface area contributed by atoms with Crippen LogP contribution in [-0.2, 0) is 41.4 Å². The number of methoxy groups -OCH3 is 1. The van der Waals surface area contributed by atoms with E-state index in [0.717, 1.165) is 10.6 Å². The van der Waals surface area contributed by atoms with Gasteiger partial charge >= 0.3 is 11.8 Å². The van der Waals surface area contributed by atoms with Crippen LogP contribution >= 0.6 is 11.3 Å². The average Bonchev–Trinajstić information content (AvgIpc) is 3.27. The van der Waals surface area contributed by atoms with Crippen LogP contribution in [-0.4, -0.2) is 71.9 Å². The van der Waals surface area contributed by atoms with E-state index in [0.29, 0.717) is 52.8 Å². The fourth-order valence-corrected chi connectivity index (χ4v) is 7.57. The molecule has 0 saturated heterocycles. The van der Waals surface area contributed by atoms with Crippen LogP contribution < -0.4 is 11.2 Å². The molecule has 1 fully saturated rings.